The molecule has 6 nitrogen and oxygen atoms in total. The van der Waals surface area contributed by atoms with Gasteiger partial charge in [0, 0.05) is 22.3 Å². The van der Waals surface area contributed by atoms with Crippen LogP contribution in [0.15, 0.2) is 81.5 Å². The minimum atomic E-state index is -0.605. The molecule has 4 heterocycles. The lowest BCUT2D eigenvalue weighted by Gasteiger charge is -2.24. The summed E-state index contributed by atoms with van der Waals surface area (Å²) in [5.74, 6) is -0.466. The smallest absolute Gasteiger partial charge is 0.338 e. The minimum absolute atomic E-state index is 0.185. The van der Waals surface area contributed by atoms with E-state index >= 15 is 0 Å². The molecule has 1 aliphatic rings. The molecular weight excluding hydrogens is 442 g/mol. The molecule has 5 rings (SSSR count). The standard InChI is InChI=1S/C24H19N3O3S2/c1-2-30-23(29)19-20(15-8-4-3-5-9-15)26-24-27(21(19)17-11-7-13-31-17)22(28)18(32-24)14-16-10-6-12-25-16/h3-14,21,25H,2H2,1H3/b18-14-. The van der Waals surface area contributed by atoms with E-state index in [1.165, 1.54) is 22.7 Å². The maximum atomic E-state index is 13.5. The highest BCUT2D eigenvalue weighted by Gasteiger charge is 2.35. The molecule has 0 radical (unpaired) electrons. The fraction of sp³-hybridized carbons (Fsp3) is 0.125. The normalized spacial score (nSPS) is 16.0. The molecule has 0 bridgehead atoms. The quantitative estimate of drug-likeness (QED) is 0.463. The van der Waals surface area contributed by atoms with Crippen molar-refractivity contribution in [1.29, 1.82) is 0 Å². The van der Waals surface area contributed by atoms with Crippen LogP contribution in [0.25, 0.3) is 11.8 Å². The van der Waals surface area contributed by atoms with Gasteiger partial charge in [-0.3, -0.25) is 9.36 Å². The van der Waals surface area contributed by atoms with E-state index in [1.807, 2.05) is 72.3 Å². The molecule has 8 heteroatoms. The summed E-state index contributed by atoms with van der Waals surface area (Å²) in [5.41, 5.74) is 2.36. The van der Waals surface area contributed by atoms with Crippen LogP contribution in [0.1, 0.15) is 29.1 Å². The number of hydrogen-bond donors (Lipinski definition) is 1. The number of hydrogen-bond acceptors (Lipinski definition) is 6. The van der Waals surface area contributed by atoms with E-state index in [9.17, 15) is 9.59 Å². The van der Waals surface area contributed by atoms with Crippen molar-refractivity contribution in [1.82, 2.24) is 9.55 Å². The van der Waals surface area contributed by atoms with Gasteiger partial charge in [-0.05, 0) is 36.6 Å². The van der Waals surface area contributed by atoms with Gasteiger partial charge in [-0.25, -0.2) is 9.79 Å². The van der Waals surface area contributed by atoms with E-state index in [4.69, 9.17) is 9.73 Å². The molecule has 160 valence electrons. The molecule has 0 spiro atoms. The number of nitrogens with one attached hydrogen (secondary N) is 1. The van der Waals surface area contributed by atoms with Crippen molar-refractivity contribution in [2.45, 2.75) is 13.0 Å². The average molecular weight is 462 g/mol. The zero-order valence-electron chi connectivity index (χ0n) is 17.1. The monoisotopic (exact) mass is 461 g/mol. The van der Waals surface area contributed by atoms with Crippen molar-refractivity contribution in [3.05, 3.63) is 108 Å². The lowest BCUT2D eigenvalue weighted by atomic mass is 9.97. The number of thiophene rings is 1. The second kappa shape index (κ2) is 8.57. The summed E-state index contributed by atoms with van der Waals surface area (Å²) in [5, 5.41) is 1.94. The number of carbonyl (C=O) groups excluding carboxylic acids is 1. The summed E-state index contributed by atoms with van der Waals surface area (Å²) in [6.45, 7) is 2.01. The summed E-state index contributed by atoms with van der Waals surface area (Å²) < 4.78 is 7.59. The van der Waals surface area contributed by atoms with Gasteiger partial charge in [0.05, 0.1) is 22.4 Å². The Morgan fingerprint density at radius 3 is 2.72 bits per heavy atom. The predicted molar refractivity (Wildman–Crippen MR) is 126 cm³/mol. The zero-order valence-corrected chi connectivity index (χ0v) is 18.8. The maximum absolute atomic E-state index is 13.5. The summed E-state index contributed by atoms with van der Waals surface area (Å²) in [4.78, 5) is 36.1. The van der Waals surface area contributed by atoms with Crippen LogP contribution in [0.3, 0.4) is 0 Å². The molecule has 1 atom stereocenters. The highest BCUT2D eigenvalue weighted by atomic mass is 32.1. The maximum Gasteiger partial charge on any atom is 0.338 e. The Labute approximate surface area is 191 Å². The minimum Gasteiger partial charge on any atom is -0.463 e. The summed E-state index contributed by atoms with van der Waals surface area (Å²) in [6, 6.07) is 16.6. The van der Waals surface area contributed by atoms with E-state index in [0.717, 1.165) is 16.1 Å². The second-order valence-electron chi connectivity index (χ2n) is 7.07. The molecule has 0 saturated heterocycles. The highest BCUT2D eigenvalue weighted by Crippen LogP contribution is 2.36. The molecule has 1 N–H and O–H groups in total. The number of carbonyl (C=O) groups is 1. The number of H-pyrrole nitrogens is 1. The van der Waals surface area contributed by atoms with Crippen molar-refractivity contribution in [3.63, 3.8) is 0 Å². The number of ether oxygens (including phenoxy) is 1. The predicted octanol–water partition coefficient (Wildman–Crippen LogP) is 3.33. The first-order valence-corrected chi connectivity index (χ1v) is 11.8. The van der Waals surface area contributed by atoms with E-state index < -0.39 is 12.0 Å². The number of thiazole rings is 1. The van der Waals surface area contributed by atoms with Gasteiger partial charge < -0.3 is 9.72 Å². The first-order valence-electron chi connectivity index (χ1n) is 10.1. The number of aromatic amines is 1. The largest absolute Gasteiger partial charge is 0.463 e. The van der Waals surface area contributed by atoms with Gasteiger partial charge in [0.2, 0.25) is 0 Å². The molecular formula is C24H19N3O3S2. The van der Waals surface area contributed by atoms with Crippen LogP contribution in [0.5, 0.6) is 0 Å². The van der Waals surface area contributed by atoms with Crippen molar-refractivity contribution in [2.75, 3.05) is 6.61 Å². The first kappa shape index (κ1) is 20.4. The molecule has 0 fully saturated rings. The Balaban J connectivity index is 1.83. The lowest BCUT2D eigenvalue weighted by Crippen LogP contribution is -2.39. The van der Waals surface area contributed by atoms with Crippen molar-refractivity contribution < 1.29 is 9.53 Å². The van der Waals surface area contributed by atoms with E-state index in [1.54, 1.807) is 11.5 Å². The summed E-state index contributed by atoms with van der Waals surface area (Å²) in [6.07, 6.45) is 3.62. The van der Waals surface area contributed by atoms with Gasteiger partial charge in [0.15, 0.2) is 4.80 Å². The fourth-order valence-corrected chi connectivity index (χ4v) is 5.55. The van der Waals surface area contributed by atoms with Gasteiger partial charge in [-0.15, -0.1) is 11.3 Å². The molecule has 1 unspecified atom stereocenters. The van der Waals surface area contributed by atoms with Gasteiger partial charge in [0.25, 0.3) is 5.56 Å². The molecule has 1 aliphatic heterocycles. The van der Waals surface area contributed by atoms with Crippen molar-refractivity contribution in [3.8, 4) is 0 Å². The van der Waals surface area contributed by atoms with Crippen LogP contribution in [0.4, 0.5) is 0 Å². The molecule has 32 heavy (non-hydrogen) atoms. The number of nitrogens with zero attached hydrogens (tertiary/aromatic N) is 2. The molecule has 3 aromatic heterocycles. The molecule has 0 aliphatic carbocycles. The number of fused-ring (bicyclic) bond motifs is 1. The summed E-state index contributed by atoms with van der Waals surface area (Å²) in [7, 11) is 0. The zero-order chi connectivity index (χ0) is 22.1. The van der Waals surface area contributed by atoms with Gasteiger partial charge in [0.1, 0.15) is 6.04 Å². The average Bonchev–Trinajstić information content (AvgIpc) is 3.57. The van der Waals surface area contributed by atoms with Crippen LogP contribution in [0.2, 0.25) is 0 Å². The Kier molecular flexibility index (Phi) is 5.46. The van der Waals surface area contributed by atoms with Crippen LogP contribution < -0.4 is 14.9 Å². The molecule has 0 saturated carbocycles. The first-order chi connectivity index (χ1) is 15.7. The lowest BCUT2D eigenvalue weighted by molar-refractivity contribution is -0.138. The Morgan fingerprint density at radius 2 is 2.03 bits per heavy atom. The molecule has 4 aromatic rings. The molecule has 0 amide bonds. The van der Waals surface area contributed by atoms with E-state index in [-0.39, 0.29) is 12.2 Å². The van der Waals surface area contributed by atoms with Crippen LogP contribution in [-0.4, -0.2) is 22.1 Å². The topological polar surface area (TPSA) is 76.4 Å². The van der Waals surface area contributed by atoms with Crippen LogP contribution >= 0.6 is 22.7 Å². The van der Waals surface area contributed by atoms with Gasteiger partial charge in [-0.2, -0.15) is 0 Å². The summed E-state index contributed by atoms with van der Waals surface area (Å²) >= 11 is 2.81. The van der Waals surface area contributed by atoms with Crippen LogP contribution in [0, 0.1) is 0 Å². The number of rotatable bonds is 5. The van der Waals surface area contributed by atoms with Crippen molar-refractivity contribution >= 4 is 40.4 Å². The Bertz CT molecular complexity index is 1460. The van der Waals surface area contributed by atoms with E-state index in [2.05, 4.69) is 4.98 Å². The van der Waals surface area contributed by atoms with Gasteiger partial charge in [-0.1, -0.05) is 47.7 Å². The van der Waals surface area contributed by atoms with Gasteiger partial charge >= 0.3 is 5.97 Å². The van der Waals surface area contributed by atoms with Crippen molar-refractivity contribution in [2.24, 2.45) is 4.99 Å². The number of aromatic nitrogens is 2. The Morgan fingerprint density at radius 1 is 1.19 bits per heavy atom. The highest BCUT2D eigenvalue weighted by molar-refractivity contribution is 7.10. The third-order valence-corrected chi connectivity index (χ3v) is 7.00. The third kappa shape index (κ3) is 3.57. The second-order valence-corrected chi connectivity index (χ2v) is 9.06. The molecule has 1 aromatic carbocycles. The van der Waals surface area contributed by atoms with E-state index in [0.29, 0.717) is 20.6 Å². The fourth-order valence-electron chi connectivity index (χ4n) is 3.73. The number of benzene rings is 1. The SMILES string of the molecule is CCOC(=O)C1=C(c2ccccc2)N=c2s/c(=C\c3ccc[nH]3)c(=O)n2C1c1cccs1. The number of esters is 1. The Hall–Kier alpha value is -3.49. The van der Waals surface area contributed by atoms with Crippen LogP contribution in [-0.2, 0) is 9.53 Å². The third-order valence-electron chi connectivity index (χ3n) is 5.09.